The van der Waals surface area contributed by atoms with E-state index < -0.39 is 14.8 Å². The summed E-state index contributed by atoms with van der Waals surface area (Å²) in [6, 6.07) is 2.52. The van der Waals surface area contributed by atoms with E-state index in [9.17, 15) is 9.90 Å². The number of ether oxygens (including phenoxy) is 2. The molecule has 0 saturated heterocycles. The zero-order valence-corrected chi connectivity index (χ0v) is 13.5. The molecule has 2 aromatic rings. The third-order valence-electron chi connectivity index (χ3n) is 3.00. The van der Waals surface area contributed by atoms with Crippen LogP contribution in [0, 0.1) is 0 Å². The topological polar surface area (TPSA) is 86.5 Å². The van der Waals surface area contributed by atoms with E-state index in [4.69, 9.17) is 9.47 Å². The van der Waals surface area contributed by atoms with Gasteiger partial charge in [0.05, 0.1) is 18.7 Å². The van der Waals surface area contributed by atoms with Gasteiger partial charge in [0.15, 0.2) is 11.3 Å². The zero-order valence-electron chi connectivity index (χ0n) is 12.4. The molecule has 0 saturated carbocycles. The van der Waals surface area contributed by atoms with Gasteiger partial charge in [0.25, 0.3) is 0 Å². The van der Waals surface area contributed by atoms with Crippen molar-refractivity contribution in [1.29, 1.82) is 0 Å². The van der Waals surface area contributed by atoms with Crippen molar-refractivity contribution in [3.05, 3.63) is 18.0 Å². The highest BCUT2D eigenvalue weighted by molar-refractivity contribution is 6.55. The summed E-state index contributed by atoms with van der Waals surface area (Å²) in [6.07, 6.45) is 1.31. The molecule has 0 aliphatic heterocycles. The van der Waals surface area contributed by atoms with Gasteiger partial charge in [-0.25, -0.2) is 14.5 Å². The number of carbonyl (C=O) groups is 1. The van der Waals surface area contributed by atoms with Crippen LogP contribution in [0.2, 0.25) is 19.1 Å². The van der Waals surface area contributed by atoms with Crippen molar-refractivity contribution in [2.24, 2.45) is 0 Å². The van der Waals surface area contributed by atoms with Crippen molar-refractivity contribution in [3.63, 3.8) is 0 Å². The Morgan fingerprint density at radius 3 is 2.90 bits per heavy atom. The lowest BCUT2D eigenvalue weighted by atomic mass is 10.2. The number of aromatic nitrogens is 3. The number of rotatable bonds is 6. The summed E-state index contributed by atoms with van der Waals surface area (Å²) in [6.45, 7) is 5.39. The van der Waals surface area contributed by atoms with Gasteiger partial charge in [0, 0.05) is 15.4 Å². The standard InChI is InChI=1S/C13H19N3O4Si/c1-19-13(18)11-10-6-9(17)7-14-12(10)16(15-11)8-20-4-5-21(2)3/h6-7,17,21H,4-5,8H2,1-3H3. The van der Waals surface area contributed by atoms with Crippen LogP contribution >= 0.6 is 0 Å². The lowest BCUT2D eigenvalue weighted by Crippen LogP contribution is -2.10. The van der Waals surface area contributed by atoms with E-state index in [2.05, 4.69) is 23.2 Å². The Labute approximate surface area is 124 Å². The number of hydrogen-bond acceptors (Lipinski definition) is 6. The summed E-state index contributed by atoms with van der Waals surface area (Å²) in [5, 5.41) is 14.1. The minimum absolute atomic E-state index is 0.0288. The molecule has 2 heterocycles. The first-order chi connectivity index (χ1) is 10.0. The first-order valence-corrected chi connectivity index (χ1v) is 9.87. The maximum absolute atomic E-state index is 11.7. The van der Waals surface area contributed by atoms with E-state index in [-0.39, 0.29) is 18.2 Å². The SMILES string of the molecule is COC(=O)c1nn(COCC[SiH](C)C)c2ncc(O)cc12. The molecule has 21 heavy (non-hydrogen) atoms. The molecule has 0 bridgehead atoms. The van der Waals surface area contributed by atoms with Gasteiger partial charge in [-0.05, 0) is 12.1 Å². The second-order valence-corrected chi connectivity index (χ2v) is 8.49. The average molecular weight is 309 g/mol. The second-order valence-electron chi connectivity index (χ2n) is 5.12. The summed E-state index contributed by atoms with van der Waals surface area (Å²) in [7, 11) is 0.639. The van der Waals surface area contributed by atoms with Crippen molar-refractivity contribution >= 4 is 25.8 Å². The predicted molar refractivity (Wildman–Crippen MR) is 80.2 cm³/mol. The van der Waals surface area contributed by atoms with Gasteiger partial charge in [-0.2, -0.15) is 5.10 Å². The Morgan fingerprint density at radius 1 is 1.48 bits per heavy atom. The first kappa shape index (κ1) is 15.5. The smallest absolute Gasteiger partial charge is 0.359 e. The minimum atomic E-state index is -0.646. The van der Waals surface area contributed by atoms with Crippen LogP contribution in [-0.2, 0) is 16.2 Å². The average Bonchev–Trinajstić information content (AvgIpc) is 2.80. The monoisotopic (exact) mass is 309 g/mol. The molecule has 0 atom stereocenters. The van der Waals surface area contributed by atoms with Gasteiger partial charge < -0.3 is 14.6 Å². The highest BCUT2D eigenvalue weighted by atomic mass is 28.3. The fraction of sp³-hybridized carbons (Fsp3) is 0.462. The van der Waals surface area contributed by atoms with Gasteiger partial charge in [0.1, 0.15) is 12.5 Å². The molecule has 8 heteroatoms. The Balaban J connectivity index is 2.25. The van der Waals surface area contributed by atoms with Gasteiger partial charge in [-0.1, -0.05) is 13.1 Å². The zero-order chi connectivity index (χ0) is 15.4. The molecule has 0 aromatic carbocycles. The van der Waals surface area contributed by atoms with Crippen molar-refractivity contribution in [3.8, 4) is 5.75 Å². The van der Waals surface area contributed by atoms with E-state index >= 15 is 0 Å². The van der Waals surface area contributed by atoms with Gasteiger partial charge in [0.2, 0.25) is 0 Å². The number of pyridine rings is 1. The lowest BCUT2D eigenvalue weighted by molar-refractivity contribution is 0.0585. The fourth-order valence-corrected chi connectivity index (χ4v) is 2.49. The highest BCUT2D eigenvalue weighted by Crippen LogP contribution is 2.21. The number of aromatic hydroxyl groups is 1. The Bertz CT molecular complexity index is 642. The number of nitrogens with zero attached hydrogens (tertiary/aromatic N) is 3. The third kappa shape index (κ3) is 3.59. The van der Waals surface area contributed by atoms with Crippen LogP contribution in [0.5, 0.6) is 5.75 Å². The maximum atomic E-state index is 11.7. The summed E-state index contributed by atoms with van der Waals surface area (Å²) < 4.78 is 11.8. The third-order valence-corrected chi connectivity index (χ3v) is 4.39. The Hall–Kier alpha value is -1.93. The summed E-state index contributed by atoms with van der Waals surface area (Å²) in [5.74, 6) is -0.598. The van der Waals surface area contributed by atoms with Crippen LogP contribution in [0.3, 0.4) is 0 Å². The van der Waals surface area contributed by atoms with Crippen LogP contribution in [-0.4, -0.2) is 48.4 Å². The quantitative estimate of drug-likeness (QED) is 0.493. The van der Waals surface area contributed by atoms with Crippen LogP contribution < -0.4 is 0 Å². The number of fused-ring (bicyclic) bond motifs is 1. The van der Waals surface area contributed by atoms with E-state index in [1.54, 1.807) is 0 Å². The maximum Gasteiger partial charge on any atom is 0.359 e. The minimum Gasteiger partial charge on any atom is -0.506 e. The molecule has 1 N–H and O–H groups in total. The second kappa shape index (κ2) is 6.68. The van der Waals surface area contributed by atoms with Crippen LogP contribution in [0.4, 0.5) is 0 Å². The molecule has 114 valence electrons. The predicted octanol–water partition coefficient (Wildman–Crippen LogP) is 1.38. The van der Waals surface area contributed by atoms with Crippen molar-refractivity contribution in [1.82, 2.24) is 14.8 Å². The number of esters is 1. The van der Waals surface area contributed by atoms with Gasteiger partial charge in [-0.15, -0.1) is 0 Å². The van der Waals surface area contributed by atoms with Gasteiger partial charge >= 0.3 is 5.97 Å². The van der Waals surface area contributed by atoms with Crippen molar-refractivity contribution in [2.75, 3.05) is 13.7 Å². The van der Waals surface area contributed by atoms with Crippen molar-refractivity contribution in [2.45, 2.75) is 25.9 Å². The van der Waals surface area contributed by atoms with Crippen LogP contribution in [0.15, 0.2) is 12.3 Å². The number of methoxy groups -OCH3 is 1. The fourth-order valence-electron chi connectivity index (χ4n) is 1.86. The lowest BCUT2D eigenvalue weighted by Gasteiger charge is -2.06. The van der Waals surface area contributed by atoms with Crippen molar-refractivity contribution < 1.29 is 19.4 Å². The molecule has 0 radical (unpaired) electrons. The molecule has 0 spiro atoms. The largest absolute Gasteiger partial charge is 0.506 e. The number of hydrogen-bond donors (Lipinski definition) is 1. The summed E-state index contributed by atoms with van der Waals surface area (Å²) >= 11 is 0. The van der Waals surface area contributed by atoms with E-state index in [0.29, 0.717) is 17.6 Å². The van der Waals surface area contributed by atoms with E-state index in [0.717, 1.165) is 6.04 Å². The normalized spacial score (nSPS) is 11.2. The molecule has 7 nitrogen and oxygen atoms in total. The summed E-state index contributed by atoms with van der Waals surface area (Å²) in [4.78, 5) is 15.8. The molecule has 2 rings (SSSR count). The van der Waals surface area contributed by atoms with Crippen LogP contribution in [0.1, 0.15) is 10.5 Å². The molecule has 2 aromatic heterocycles. The summed E-state index contributed by atoms with van der Waals surface area (Å²) in [5.41, 5.74) is 0.604. The van der Waals surface area contributed by atoms with Crippen LogP contribution in [0.25, 0.3) is 11.0 Å². The molecule has 0 amide bonds. The molecule has 0 fully saturated rings. The first-order valence-electron chi connectivity index (χ1n) is 6.74. The van der Waals surface area contributed by atoms with E-state index in [1.807, 2.05) is 0 Å². The van der Waals surface area contributed by atoms with Gasteiger partial charge in [-0.3, -0.25) is 0 Å². The highest BCUT2D eigenvalue weighted by Gasteiger charge is 2.19. The molecule has 0 aliphatic carbocycles. The molecule has 0 unspecified atom stereocenters. The molecular weight excluding hydrogens is 290 g/mol. The molecule has 0 aliphatic rings. The Morgan fingerprint density at radius 2 is 2.24 bits per heavy atom. The van der Waals surface area contributed by atoms with E-state index in [1.165, 1.54) is 24.1 Å². The Kier molecular flexibility index (Phi) is 4.92. The number of carbonyl (C=O) groups excluding carboxylic acids is 1. The molecular formula is C13H19N3O4Si.